The Balaban J connectivity index is 1.47. The molecule has 0 spiro atoms. The number of hydrazone groups is 1. The van der Waals surface area contributed by atoms with Crippen molar-refractivity contribution in [2.45, 2.75) is 33.2 Å². The van der Waals surface area contributed by atoms with Crippen molar-refractivity contribution in [3.8, 4) is 22.6 Å². The van der Waals surface area contributed by atoms with Gasteiger partial charge in [-0.25, -0.2) is 10.4 Å². The number of fused-ring (bicyclic) bond motifs is 1. The van der Waals surface area contributed by atoms with Gasteiger partial charge >= 0.3 is 0 Å². The Hall–Kier alpha value is -3.98. The molecule has 0 aliphatic rings. The Kier molecular flexibility index (Phi) is 8.12. The minimum atomic E-state index is -0.436. The molecule has 2 heterocycles. The number of hydrogen-bond donors (Lipinski definition) is 1. The fourth-order valence-electron chi connectivity index (χ4n) is 3.78. The lowest BCUT2D eigenvalue weighted by atomic mass is 10.0. The zero-order valence-corrected chi connectivity index (χ0v) is 21.3. The second-order valence-electron chi connectivity index (χ2n) is 8.16. The molecule has 1 amide bonds. The smallest absolute Gasteiger partial charge is 0.263 e. The first-order chi connectivity index (χ1) is 17.5. The maximum atomic E-state index is 13.2. The van der Waals surface area contributed by atoms with Crippen molar-refractivity contribution in [3.05, 3.63) is 75.7 Å². The molecule has 1 N–H and O–H groups in total. The summed E-state index contributed by atoms with van der Waals surface area (Å²) < 4.78 is 12.4. The summed E-state index contributed by atoms with van der Waals surface area (Å²) in [5.74, 6) is 0.815. The van der Waals surface area contributed by atoms with Crippen molar-refractivity contribution in [2.75, 3.05) is 13.7 Å². The molecule has 0 aliphatic carbocycles. The molecule has 0 saturated heterocycles. The summed E-state index contributed by atoms with van der Waals surface area (Å²) >= 11 is 1.47. The van der Waals surface area contributed by atoms with Crippen LogP contribution in [-0.2, 0) is 11.3 Å². The number of unbranched alkanes of at least 4 members (excludes halogenated alkanes) is 1. The van der Waals surface area contributed by atoms with Crippen LogP contribution < -0.4 is 20.5 Å². The molecule has 0 atom stereocenters. The molecule has 2 aromatic heterocycles. The number of aryl methyl sites for hydroxylation is 1. The molecule has 0 radical (unpaired) electrons. The van der Waals surface area contributed by atoms with Gasteiger partial charge in [-0.15, -0.1) is 11.3 Å². The molecular formula is C27H28N4O4S. The Morgan fingerprint density at radius 2 is 2.00 bits per heavy atom. The predicted octanol–water partition coefficient (Wildman–Crippen LogP) is 4.77. The van der Waals surface area contributed by atoms with E-state index in [2.05, 4.69) is 22.4 Å². The average molecular weight is 505 g/mol. The molecule has 0 fully saturated rings. The van der Waals surface area contributed by atoms with Crippen LogP contribution in [0.25, 0.3) is 21.3 Å². The highest BCUT2D eigenvalue weighted by Crippen LogP contribution is 2.35. The van der Waals surface area contributed by atoms with Gasteiger partial charge in [-0.1, -0.05) is 43.7 Å². The quantitative estimate of drug-likeness (QED) is 0.191. The molecule has 0 saturated carbocycles. The number of nitrogens with one attached hydrogen (secondary N) is 1. The third-order valence-electron chi connectivity index (χ3n) is 5.58. The van der Waals surface area contributed by atoms with E-state index in [0.29, 0.717) is 28.3 Å². The van der Waals surface area contributed by atoms with Gasteiger partial charge in [-0.3, -0.25) is 14.2 Å². The summed E-state index contributed by atoms with van der Waals surface area (Å²) in [6, 6.07) is 15.1. The second-order valence-corrected chi connectivity index (χ2v) is 9.37. The van der Waals surface area contributed by atoms with E-state index in [-0.39, 0.29) is 12.1 Å². The van der Waals surface area contributed by atoms with Crippen molar-refractivity contribution in [3.63, 3.8) is 0 Å². The molecule has 186 valence electrons. The van der Waals surface area contributed by atoms with Crippen LogP contribution in [0.4, 0.5) is 0 Å². The Bertz CT molecular complexity index is 1440. The second kappa shape index (κ2) is 11.6. The van der Waals surface area contributed by atoms with Crippen LogP contribution in [0.3, 0.4) is 0 Å². The Morgan fingerprint density at radius 1 is 1.19 bits per heavy atom. The summed E-state index contributed by atoms with van der Waals surface area (Å²) in [6.45, 7) is 4.49. The van der Waals surface area contributed by atoms with E-state index in [9.17, 15) is 9.59 Å². The number of carbonyl (C=O) groups excluding carboxylic acids is 1. The van der Waals surface area contributed by atoms with E-state index in [1.165, 1.54) is 28.4 Å². The van der Waals surface area contributed by atoms with Gasteiger partial charge in [0.25, 0.3) is 11.5 Å². The van der Waals surface area contributed by atoms with Crippen molar-refractivity contribution in [2.24, 2.45) is 5.10 Å². The standard InChI is InChI=1S/C27H28N4O4S/c1-4-5-13-35-21-12-11-19(14-22(21)34-3)15-29-30-23(32)16-31-17-28-26-25(27(31)33)24(18(2)36-26)20-9-7-6-8-10-20/h6-12,14-15,17H,4-5,13,16H2,1-3H3,(H,30,32)/b29-15-. The molecule has 2 aromatic carbocycles. The van der Waals surface area contributed by atoms with Gasteiger partial charge in [0.15, 0.2) is 11.5 Å². The van der Waals surface area contributed by atoms with Gasteiger partial charge in [0.2, 0.25) is 0 Å². The molecule has 4 rings (SSSR count). The molecular weight excluding hydrogens is 476 g/mol. The first-order valence-corrected chi connectivity index (χ1v) is 12.5. The zero-order valence-electron chi connectivity index (χ0n) is 20.5. The highest BCUT2D eigenvalue weighted by molar-refractivity contribution is 7.19. The number of carbonyl (C=O) groups is 1. The fraction of sp³-hybridized carbons (Fsp3) is 0.259. The summed E-state index contributed by atoms with van der Waals surface area (Å²) in [4.78, 5) is 31.8. The topological polar surface area (TPSA) is 94.8 Å². The Morgan fingerprint density at radius 3 is 2.75 bits per heavy atom. The van der Waals surface area contributed by atoms with Crippen molar-refractivity contribution >= 4 is 33.7 Å². The van der Waals surface area contributed by atoms with E-state index < -0.39 is 5.91 Å². The number of amides is 1. The minimum Gasteiger partial charge on any atom is -0.493 e. The largest absolute Gasteiger partial charge is 0.493 e. The van der Waals surface area contributed by atoms with Crippen LogP contribution in [-0.4, -0.2) is 35.4 Å². The van der Waals surface area contributed by atoms with Gasteiger partial charge < -0.3 is 9.47 Å². The third-order valence-corrected chi connectivity index (χ3v) is 6.59. The number of rotatable bonds is 10. The molecule has 0 aliphatic heterocycles. The minimum absolute atomic E-state index is 0.199. The number of benzene rings is 2. The molecule has 9 heteroatoms. The Labute approximate surface area is 213 Å². The number of hydrogen-bond acceptors (Lipinski definition) is 7. The molecule has 0 bridgehead atoms. The van der Waals surface area contributed by atoms with E-state index in [1.54, 1.807) is 13.2 Å². The summed E-state index contributed by atoms with van der Waals surface area (Å²) in [5, 5.41) is 4.55. The van der Waals surface area contributed by atoms with E-state index in [4.69, 9.17) is 9.47 Å². The third kappa shape index (κ3) is 5.63. The number of nitrogens with zero attached hydrogens (tertiary/aromatic N) is 3. The summed E-state index contributed by atoms with van der Waals surface area (Å²) in [5.41, 5.74) is 4.75. The van der Waals surface area contributed by atoms with Crippen molar-refractivity contribution < 1.29 is 14.3 Å². The lowest BCUT2D eigenvalue weighted by Gasteiger charge is -2.10. The molecule has 36 heavy (non-hydrogen) atoms. The lowest BCUT2D eigenvalue weighted by Crippen LogP contribution is -2.30. The monoisotopic (exact) mass is 504 g/mol. The first kappa shape index (κ1) is 25.1. The highest BCUT2D eigenvalue weighted by atomic mass is 32.1. The lowest BCUT2D eigenvalue weighted by molar-refractivity contribution is -0.121. The van der Waals surface area contributed by atoms with Gasteiger partial charge in [0, 0.05) is 10.4 Å². The number of thiophene rings is 1. The van der Waals surface area contributed by atoms with Crippen LogP contribution >= 0.6 is 11.3 Å². The van der Waals surface area contributed by atoms with E-state index >= 15 is 0 Å². The average Bonchev–Trinajstić information content (AvgIpc) is 3.23. The first-order valence-electron chi connectivity index (χ1n) is 11.7. The fourth-order valence-corrected chi connectivity index (χ4v) is 4.78. The van der Waals surface area contributed by atoms with E-state index in [1.807, 2.05) is 49.4 Å². The summed E-state index contributed by atoms with van der Waals surface area (Å²) in [7, 11) is 1.57. The molecule has 0 unspecified atom stereocenters. The van der Waals surface area contributed by atoms with Crippen LogP contribution in [0, 0.1) is 6.92 Å². The van der Waals surface area contributed by atoms with Crippen LogP contribution in [0.5, 0.6) is 11.5 Å². The maximum absolute atomic E-state index is 13.2. The van der Waals surface area contributed by atoms with Crippen molar-refractivity contribution in [1.82, 2.24) is 15.0 Å². The number of methoxy groups -OCH3 is 1. The van der Waals surface area contributed by atoms with Gasteiger partial charge in [-0.2, -0.15) is 5.10 Å². The van der Waals surface area contributed by atoms with Crippen LogP contribution in [0.1, 0.15) is 30.2 Å². The van der Waals surface area contributed by atoms with Crippen molar-refractivity contribution in [1.29, 1.82) is 0 Å². The van der Waals surface area contributed by atoms with Gasteiger partial charge in [-0.05, 0) is 42.7 Å². The van der Waals surface area contributed by atoms with E-state index in [0.717, 1.165) is 34.4 Å². The van der Waals surface area contributed by atoms with Crippen LogP contribution in [0.15, 0.2) is 64.8 Å². The van der Waals surface area contributed by atoms with Gasteiger partial charge in [0.05, 0.1) is 31.6 Å². The maximum Gasteiger partial charge on any atom is 0.263 e. The van der Waals surface area contributed by atoms with Gasteiger partial charge in [0.1, 0.15) is 11.4 Å². The number of aromatic nitrogens is 2. The van der Waals surface area contributed by atoms with Crippen LogP contribution in [0.2, 0.25) is 0 Å². The molecule has 4 aromatic rings. The normalized spacial score (nSPS) is 11.2. The molecule has 8 nitrogen and oxygen atoms in total. The highest BCUT2D eigenvalue weighted by Gasteiger charge is 2.17. The summed E-state index contributed by atoms with van der Waals surface area (Å²) in [6.07, 6.45) is 4.92. The predicted molar refractivity (Wildman–Crippen MR) is 143 cm³/mol. The zero-order chi connectivity index (χ0) is 25.5. The SMILES string of the molecule is CCCCOc1ccc(/C=N\NC(=O)Cn2cnc3sc(C)c(-c4ccccc4)c3c2=O)cc1OC. The number of ether oxygens (including phenoxy) is 2.